The second kappa shape index (κ2) is 8.73. The number of anilines is 3. The molecule has 0 unspecified atom stereocenters. The first kappa shape index (κ1) is 23.2. The molecular formula is C39H25NO2. The van der Waals surface area contributed by atoms with Crippen LogP contribution in [0.15, 0.2) is 142 Å². The van der Waals surface area contributed by atoms with E-state index >= 15 is 0 Å². The first-order valence-corrected chi connectivity index (χ1v) is 14.3. The second-order valence-corrected chi connectivity index (χ2v) is 11.0. The molecule has 0 atom stereocenters. The van der Waals surface area contributed by atoms with Crippen LogP contribution >= 0.6 is 0 Å². The van der Waals surface area contributed by atoms with E-state index in [4.69, 9.17) is 8.83 Å². The van der Waals surface area contributed by atoms with Crippen LogP contribution < -0.4 is 4.90 Å². The Kier molecular flexibility index (Phi) is 4.82. The van der Waals surface area contributed by atoms with Crippen LogP contribution in [0.1, 0.15) is 5.56 Å². The molecule has 3 nitrogen and oxygen atoms in total. The summed E-state index contributed by atoms with van der Waals surface area (Å²) in [6.07, 6.45) is 0. The number of para-hydroxylation sites is 2. The van der Waals surface area contributed by atoms with Crippen molar-refractivity contribution < 1.29 is 8.83 Å². The molecule has 0 saturated heterocycles. The zero-order valence-corrected chi connectivity index (χ0v) is 23.0. The molecule has 0 bridgehead atoms. The van der Waals surface area contributed by atoms with Crippen molar-refractivity contribution in [2.45, 2.75) is 6.92 Å². The molecule has 2 heterocycles. The summed E-state index contributed by atoms with van der Waals surface area (Å²) in [5.74, 6) is 0. The van der Waals surface area contributed by atoms with Gasteiger partial charge < -0.3 is 13.7 Å². The minimum Gasteiger partial charge on any atom is -0.455 e. The fourth-order valence-electron chi connectivity index (χ4n) is 6.54. The van der Waals surface area contributed by atoms with Gasteiger partial charge in [-0.1, -0.05) is 103 Å². The molecule has 0 aliphatic rings. The van der Waals surface area contributed by atoms with Crippen LogP contribution in [0.25, 0.3) is 65.4 Å². The van der Waals surface area contributed by atoms with Crippen LogP contribution in [0, 0.1) is 6.92 Å². The van der Waals surface area contributed by atoms with E-state index in [0.29, 0.717) is 0 Å². The molecule has 42 heavy (non-hydrogen) atoms. The number of hydrogen-bond acceptors (Lipinski definition) is 3. The molecule has 0 radical (unpaired) electrons. The van der Waals surface area contributed by atoms with Crippen molar-refractivity contribution in [2.24, 2.45) is 0 Å². The number of aryl methyl sites for hydroxylation is 1. The molecule has 0 aliphatic heterocycles. The third-order valence-corrected chi connectivity index (χ3v) is 8.51. The molecule has 0 fully saturated rings. The van der Waals surface area contributed by atoms with Gasteiger partial charge in [-0.25, -0.2) is 0 Å². The lowest BCUT2D eigenvalue weighted by Gasteiger charge is -2.27. The summed E-state index contributed by atoms with van der Waals surface area (Å²) in [6, 6.07) is 47.0. The predicted molar refractivity (Wildman–Crippen MR) is 175 cm³/mol. The molecule has 9 rings (SSSR count). The third kappa shape index (κ3) is 3.28. The van der Waals surface area contributed by atoms with Gasteiger partial charge in [0.2, 0.25) is 0 Å². The Morgan fingerprint density at radius 3 is 2.00 bits per heavy atom. The van der Waals surface area contributed by atoms with Crippen LogP contribution in [0.5, 0.6) is 0 Å². The van der Waals surface area contributed by atoms with Gasteiger partial charge in [-0.15, -0.1) is 0 Å². The highest BCUT2D eigenvalue weighted by atomic mass is 16.3. The zero-order valence-electron chi connectivity index (χ0n) is 23.0. The monoisotopic (exact) mass is 539 g/mol. The largest absolute Gasteiger partial charge is 0.455 e. The average molecular weight is 540 g/mol. The Morgan fingerprint density at radius 2 is 1.14 bits per heavy atom. The number of nitrogens with zero attached hydrogens (tertiary/aromatic N) is 1. The molecule has 2 aromatic heterocycles. The highest BCUT2D eigenvalue weighted by Gasteiger charge is 2.23. The van der Waals surface area contributed by atoms with Crippen LogP contribution in [0.4, 0.5) is 17.1 Å². The summed E-state index contributed by atoms with van der Waals surface area (Å²) in [5.41, 5.74) is 7.82. The molecule has 0 saturated carbocycles. The van der Waals surface area contributed by atoms with E-state index in [-0.39, 0.29) is 0 Å². The molecule has 198 valence electrons. The first-order valence-electron chi connectivity index (χ1n) is 14.3. The number of benzene rings is 7. The predicted octanol–water partition coefficient (Wildman–Crippen LogP) is 11.6. The van der Waals surface area contributed by atoms with E-state index in [9.17, 15) is 0 Å². The zero-order chi connectivity index (χ0) is 27.8. The van der Waals surface area contributed by atoms with E-state index in [1.165, 1.54) is 10.9 Å². The lowest BCUT2D eigenvalue weighted by atomic mass is 9.99. The Bertz CT molecular complexity index is 2480. The number of rotatable bonds is 3. The molecule has 0 amide bonds. The van der Waals surface area contributed by atoms with Crippen molar-refractivity contribution in [1.82, 2.24) is 0 Å². The van der Waals surface area contributed by atoms with Gasteiger partial charge in [-0.05, 0) is 48.0 Å². The summed E-state index contributed by atoms with van der Waals surface area (Å²) in [5, 5.41) is 9.09. The highest BCUT2D eigenvalue weighted by molar-refractivity contribution is 6.26. The van der Waals surface area contributed by atoms with Gasteiger partial charge in [-0.3, -0.25) is 0 Å². The van der Waals surface area contributed by atoms with Gasteiger partial charge in [0.05, 0.1) is 11.4 Å². The lowest BCUT2D eigenvalue weighted by molar-refractivity contribution is 0.668. The lowest BCUT2D eigenvalue weighted by Crippen LogP contribution is -2.11. The van der Waals surface area contributed by atoms with E-state index in [0.717, 1.165) is 77.1 Å². The molecule has 0 aliphatic carbocycles. The maximum absolute atomic E-state index is 6.74. The smallest absolute Gasteiger partial charge is 0.159 e. The molecule has 3 heteroatoms. The summed E-state index contributed by atoms with van der Waals surface area (Å²) in [6.45, 7) is 2.12. The standard InChI is InChI=1S/C39H25NO2/c1-24-17-20-26(21-18-24)40(33-15-8-14-31-29-12-6-7-16-35(29)41-39(31)33)34-23-36-37(30-13-5-4-11-28(30)34)32-22-19-25-9-2-3-10-27(25)38(32)42-36/h2-23H,1H3. The van der Waals surface area contributed by atoms with E-state index < -0.39 is 0 Å². The fourth-order valence-corrected chi connectivity index (χ4v) is 6.54. The SMILES string of the molecule is Cc1ccc(N(c2cc3oc4c5ccccc5ccc4c3c3ccccc23)c2cccc3c2oc2ccccc23)cc1. The Morgan fingerprint density at radius 1 is 0.452 bits per heavy atom. The van der Waals surface area contributed by atoms with Crippen LogP contribution in [-0.4, -0.2) is 0 Å². The maximum Gasteiger partial charge on any atom is 0.159 e. The summed E-state index contributed by atoms with van der Waals surface area (Å²) >= 11 is 0. The summed E-state index contributed by atoms with van der Waals surface area (Å²) in [7, 11) is 0. The normalized spacial score (nSPS) is 11.9. The first-order chi connectivity index (χ1) is 20.7. The fraction of sp³-hybridized carbons (Fsp3) is 0.0256. The van der Waals surface area contributed by atoms with Crippen LogP contribution in [-0.2, 0) is 0 Å². The van der Waals surface area contributed by atoms with Gasteiger partial charge >= 0.3 is 0 Å². The van der Waals surface area contributed by atoms with Crippen molar-refractivity contribution >= 4 is 82.5 Å². The van der Waals surface area contributed by atoms with E-state index in [1.54, 1.807) is 0 Å². The van der Waals surface area contributed by atoms with Gasteiger partial charge in [0, 0.05) is 44.1 Å². The molecule has 7 aromatic carbocycles. The number of furan rings is 2. The van der Waals surface area contributed by atoms with Gasteiger partial charge in [0.1, 0.15) is 16.7 Å². The van der Waals surface area contributed by atoms with Crippen molar-refractivity contribution in [3.8, 4) is 0 Å². The van der Waals surface area contributed by atoms with Gasteiger partial charge in [0.25, 0.3) is 0 Å². The number of fused-ring (bicyclic) bond motifs is 10. The maximum atomic E-state index is 6.74. The van der Waals surface area contributed by atoms with Gasteiger partial charge in [0.15, 0.2) is 5.58 Å². The molecule has 0 N–H and O–H groups in total. The molecular weight excluding hydrogens is 514 g/mol. The van der Waals surface area contributed by atoms with E-state index in [1.807, 2.05) is 12.1 Å². The minimum atomic E-state index is 0.860. The van der Waals surface area contributed by atoms with Crippen molar-refractivity contribution in [3.05, 3.63) is 139 Å². The van der Waals surface area contributed by atoms with Crippen molar-refractivity contribution in [1.29, 1.82) is 0 Å². The third-order valence-electron chi connectivity index (χ3n) is 8.51. The topological polar surface area (TPSA) is 29.5 Å². The highest BCUT2D eigenvalue weighted by Crippen LogP contribution is 2.47. The average Bonchev–Trinajstić information content (AvgIpc) is 3.61. The quantitative estimate of drug-likeness (QED) is 0.224. The Labute approximate surface area is 241 Å². The second-order valence-electron chi connectivity index (χ2n) is 11.0. The molecule has 0 spiro atoms. The van der Waals surface area contributed by atoms with Crippen LogP contribution in [0.3, 0.4) is 0 Å². The van der Waals surface area contributed by atoms with Crippen molar-refractivity contribution in [3.63, 3.8) is 0 Å². The molecule has 9 aromatic rings. The van der Waals surface area contributed by atoms with Gasteiger partial charge in [-0.2, -0.15) is 0 Å². The Hall–Kier alpha value is -5.54. The minimum absolute atomic E-state index is 0.860. The van der Waals surface area contributed by atoms with Crippen LogP contribution in [0.2, 0.25) is 0 Å². The Balaban J connectivity index is 1.41. The number of hydrogen-bond donors (Lipinski definition) is 0. The van der Waals surface area contributed by atoms with Crippen molar-refractivity contribution in [2.75, 3.05) is 4.90 Å². The summed E-state index contributed by atoms with van der Waals surface area (Å²) < 4.78 is 13.3. The van der Waals surface area contributed by atoms with E-state index in [2.05, 4.69) is 133 Å². The summed E-state index contributed by atoms with van der Waals surface area (Å²) in [4.78, 5) is 2.32.